The van der Waals surface area contributed by atoms with Crippen LogP contribution in [0.2, 0.25) is 0 Å². The van der Waals surface area contributed by atoms with Crippen LogP contribution >= 0.6 is 0 Å². The van der Waals surface area contributed by atoms with Gasteiger partial charge in [0.25, 0.3) is 0 Å². The summed E-state index contributed by atoms with van der Waals surface area (Å²) >= 11 is 0. The minimum Gasteiger partial charge on any atom is -0.508 e. The number of rotatable bonds is 2. The van der Waals surface area contributed by atoms with Crippen molar-refractivity contribution >= 4 is 5.69 Å². The molecule has 2 rings (SSSR count). The van der Waals surface area contributed by atoms with E-state index in [0.717, 1.165) is 16.8 Å². The van der Waals surface area contributed by atoms with E-state index in [1.54, 1.807) is 12.1 Å². The van der Waals surface area contributed by atoms with Gasteiger partial charge in [-0.3, -0.25) is 0 Å². The number of hydrogen-bond donors (Lipinski definition) is 2. The van der Waals surface area contributed by atoms with E-state index in [2.05, 4.69) is 30.4 Å². The zero-order valence-electron chi connectivity index (χ0n) is 9.49. The zero-order valence-corrected chi connectivity index (χ0v) is 9.49. The standard InChI is InChI=1S/C14H15NO/c1-10-3-4-12(9-14(10)15-2)11-5-7-13(16)8-6-11/h3-9,15-16H,1-2H3. The lowest BCUT2D eigenvalue weighted by Crippen LogP contribution is -1.91. The molecule has 0 saturated carbocycles. The third-order valence-electron chi connectivity index (χ3n) is 2.71. The van der Waals surface area contributed by atoms with Gasteiger partial charge in [-0.2, -0.15) is 0 Å². The monoisotopic (exact) mass is 213 g/mol. The minimum absolute atomic E-state index is 0.296. The zero-order chi connectivity index (χ0) is 11.5. The van der Waals surface area contributed by atoms with E-state index in [9.17, 15) is 5.11 Å². The topological polar surface area (TPSA) is 32.3 Å². The highest BCUT2D eigenvalue weighted by molar-refractivity contribution is 5.70. The van der Waals surface area contributed by atoms with Crippen LogP contribution in [0, 0.1) is 6.92 Å². The Morgan fingerprint density at radius 1 is 0.938 bits per heavy atom. The van der Waals surface area contributed by atoms with Crippen molar-refractivity contribution in [3.8, 4) is 16.9 Å². The van der Waals surface area contributed by atoms with Gasteiger partial charge in [-0.05, 0) is 41.8 Å². The predicted molar refractivity (Wildman–Crippen MR) is 67.8 cm³/mol. The van der Waals surface area contributed by atoms with E-state index >= 15 is 0 Å². The number of phenolic OH excluding ortho intramolecular Hbond substituents is 1. The predicted octanol–water partition coefficient (Wildman–Crippen LogP) is 3.41. The SMILES string of the molecule is CNc1cc(-c2ccc(O)cc2)ccc1C. The molecule has 0 aliphatic carbocycles. The molecule has 2 heteroatoms. The third kappa shape index (κ3) is 2.01. The summed E-state index contributed by atoms with van der Waals surface area (Å²) in [5, 5.41) is 12.4. The molecule has 0 atom stereocenters. The number of anilines is 1. The van der Waals surface area contributed by atoms with Crippen molar-refractivity contribution in [1.82, 2.24) is 0 Å². The Labute approximate surface area is 95.6 Å². The first kappa shape index (κ1) is 10.6. The Morgan fingerprint density at radius 3 is 2.19 bits per heavy atom. The number of phenols is 1. The quantitative estimate of drug-likeness (QED) is 0.801. The molecular weight excluding hydrogens is 198 g/mol. The average Bonchev–Trinajstić information content (AvgIpc) is 2.31. The van der Waals surface area contributed by atoms with Crippen LogP contribution in [-0.2, 0) is 0 Å². The van der Waals surface area contributed by atoms with Gasteiger partial charge in [-0.15, -0.1) is 0 Å². The van der Waals surface area contributed by atoms with Crippen molar-refractivity contribution < 1.29 is 5.11 Å². The second kappa shape index (κ2) is 4.27. The molecule has 0 aromatic heterocycles. The largest absolute Gasteiger partial charge is 0.508 e. The van der Waals surface area contributed by atoms with E-state index in [0.29, 0.717) is 5.75 Å². The smallest absolute Gasteiger partial charge is 0.115 e. The lowest BCUT2D eigenvalue weighted by Gasteiger charge is -2.08. The van der Waals surface area contributed by atoms with Gasteiger partial charge in [-0.25, -0.2) is 0 Å². The van der Waals surface area contributed by atoms with Crippen molar-refractivity contribution in [3.05, 3.63) is 48.0 Å². The summed E-state index contributed by atoms with van der Waals surface area (Å²) in [5.74, 6) is 0.296. The minimum atomic E-state index is 0.296. The highest BCUT2D eigenvalue weighted by Crippen LogP contribution is 2.26. The molecule has 0 spiro atoms. The van der Waals surface area contributed by atoms with Crippen molar-refractivity contribution in [1.29, 1.82) is 0 Å². The van der Waals surface area contributed by atoms with Crippen LogP contribution in [0.1, 0.15) is 5.56 Å². The molecule has 0 saturated heterocycles. The maximum Gasteiger partial charge on any atom is 0.115 e. The number of aromatic hydroxyl groups is 1. The van der Waals surface area contributed by atoms with Crippen LogP contribution < -0.4 is 5.32 Å². The summed E-state index contributed by atoms with van der Waals surface area (Å²) in [5.41, 5.74) is 4.61. The van der Waals surface area contributed by atoms with Crippen LogP contribution in [0.5, 0.6) is 5.75 Å². The molecule has 82 valence electrons. The van der Waals surface area contributed by atoms with Gasteiger partial charge in [0.15, 0.2) is 0 Å². The van der Waals surface area contributed by atoms with Gasteiger partial charge in [0.05, 0.1) is 0 Å². The number of aryl methyl sites for hydroxylation is 1. The summed E-state index contributed by atoms with van der Waals surface area (Å²) in [7, 11) is 1.92. The summed E-state index contributed by atoms with van der Waals surface area (Å²) in [6.45, 7) is 2.08. The maximum absolute atomic E-state index is 9.24. The molecule has 2 N–H and O–H groups in total. The van der Waals surface area contributed by atoms with Gasteiger partial charge < -0.3 is 10.4 Å². The highest BCUT2D eigenvalue weighted by Gasteiger charge is 2.01. The van der Waals surface area contributed by atoms with Gasteiger partial charge in [0.1, 0.15) is 5.75 Å². The number of benzene rings is 2. The van der Waals surface area contributed by atoms with Crippen LogP contribution in [0.3, 0.4) is 0 Å². The van der Waals surface area contributed by atoms with Crippen molar-refractivity contribution in [3.63, 3.8) is 0 Å². The lowest BCUT2D eigenvalue weighted by molar-refractivity contribution is 0.475. The number of hydrogen-bond acceptors (Lipinski definition) is 2. The fourth-order valence-electron chi connectivity index (χ4n) is 1.72. The second-order valence-electron chi connectivity index (χ2n) is 3.83. The fraction of sp³-hybridized carbons (Fsp3) is 0.143. The second-order valence-corrected chi connectivity index (χ2v) is 3.83. The molecular formula is C14H15NO. The third-order valence-corrected chi connectivity index (χ3v) is 2.71. The summed E-state index contributed by atoms with van der Waals surface area (Å²) in [4.78, 5) is 0. The first-order valence-corrected chi connectivity index (χ1v) is 5.28. The molecule has 0 amide bonds. The molecule has 2 nitrogen and oxygen atoms in total. The van der Waals surface area contributed by atoms with E-state index in [4.69, 9.17) is 0 Å². The number of nitrogens with one attached hydrogen (secondary N) is 1. The molecule has 0 radical (unpaired) electrons. The van der Waals surface area contributed by atoms with Crippen LogP contribution in [0.25, 0.3) is 11.1 Å². The van der Waals surface area contributed by atoms with E-state index in [-0.39, 0.29) is 0 Å². The molecule has 0 aliphatic heterocycles. The Kier molecular flexibility index (Phi) is 2.82. The van der Waals surface area contributed by atoms with E-state index < -0.39 is 0 Å². The summed E-state index contributed by atoms with van der Waals surface area (Å²) in [6.07, 6.45) is 0. The van der Waals surface area contributed by atoms with Crippen molar-refractivity contribution in [2.45, 2.75) is 6.92 Å². The Morgan fingerprint density at radius 2 is 1.56 bits per heavy atom. The Bertz CT molecular complexity index is 489. The first-order valence-electron chi connectivity index (χ1n) is 5.28. The Hall–Kier alpha value is -1.96. The lowest BCUT2D eigenvalue weighted by atomic mass is 10.0. The Balaban J connectivity index is 2.44. The molecule has 0 unspecified atom stereocenters. The molecule has 0 bridgehead atoms. The van der Waals surface area contributed by atoms with Gasteiger partial charge in [-0.1, -0.05) is 24.3 Å². The first-order chi connectivity index (χ1) is 7.70. The molecule has 0 heterocycles. The van der Waals surface area contributed by atoms with Crippen LogP contribution in [-0.4, -0.2) is 12.2 Å². The highest BCUT2D eigenvalue weighted by atomic mass is 16.3. The summed E-state index contributed by atoms with van der Waals surface area (Å²) < 4.78 is 0. The molecule has 2 aromatic carbocycles. The summed E-state index contributed by atoms with van der Waals surface area (Å²) in [6, 6.07) is 13.5. The molecule has 16 heavy (non-hydrogen) atoms. The fourth-order valence-corrected chi connectivity index (χ4v) is 1.72. The molecule has 2 aromatic rings. The normalized spacial score (nSPS) is 10.1. The van der Waals surface area contributed by atoms with Gasteiger partial charge in [0, 0.05) is 12.7 Å². The van der Waals surface area contributed by atoms with Crippen LogP contribution in [0.4, 0.5) is 5.69 Å². The van der Waals surface area contributed by atoms with Gasteiger partial charge >= 0.3 is 0 Å². The van der Waals surface area contributed by atoms with Crippen LogP contribution in [0.15, 0.2) is 42.5 Å². The van der Waals surface area contributed by atoms with E-state index in [1.165, 1.54) is 5.56 Å². The average molecular weight is 213 g/mol. The van der Waals surface area contributed by atoms with Crippen molar-refractivity contribution in [2.75, 3.05) is 12.4 Å². The molecule has 0 fully saturated rings. The van der Waals surface area contributed by atoms with E-state index in [1.807, 2.05) is 19.2 Å². The van der Waals surface area contributed by atoms with Crippen molar-refractivity contribution in [2.24, 2.45) is 0 Å². The molecule has 0 aliphatic rings. The van der Waals surface area contributed by atoms with Gasteiger partial charge in [0.2, 0.25) is 0 Å². The maximum atomic E-state index is 9.24.